The number of carbonyl (C=O) groups is 2. The maximum Gasteiger partial charge on any atom is 0.264 e. The third kappa shape index (κ3) is 7.31. The van der Waals surface area contributed by atoms with E-state index in [0.29, 0.717) is 0 Å². The monoisotopic (exact) mass is 623 g/mol. The number of carbonyl (C=O) groups excluding carboxylic acids is 2. The standard InChI is InChI=1S/C32H31Cl2N3O4S/c1-23-11-9-10-14-25(23)21-36(30(32(39)35-2)19-24-12-5-3-6-13-24)31(38)22-37(29-20-26(33)17-18-28(29)34)42(40,41)27-15-7-4-8-16-27/h3-18,20,30H,19,21-22H2,1-2H3,(H,35,39). The van der Waals surface area contributed by atoms with Crippen LogP contribution < -0.4 is 9.62 Å². The number of aryl methyl sites for hydroxylation is 1. The quantitative estimate of drug-likeness (QED) is 0.226. The van der Waals surface area contributed by atoms with Crippen LogP contribution in [0.2, 0.25) is 10.0 Å². The van der Waals surface area contributed by atoms with Gasteiger partial charge < -0.3 is 10.2 Å². The number of likely N-dealkylation sites (N-methyl/N-ethyl adjacent to an activating group) is 1. The van der Waals surface area contributed by atoms with E-state index in [0.717, 1.165) is 21.0 Å². The molecule has 4 rings (SSSR count). The van der Waals surface area contributed by atoms with Crippen molar-refractivity contribution in [2.45, 2.75) is 30.8 Å². The van der Waals surface area contributed by atoms with Crippen LogP contribution in [0.1, 0.15) is 16.7 Å². The van der Waals surface area contributed by atoms with Gasteiger partial charge in [0.2, 0.25) is 11.8 Å². The summed E-state index contributed by atoms with van der Waals surface area (Å²) in [4.78, 5) is 29.1. The predicted octanol–water partition coefficient (Wildman–Crippen LogP) is 5.88. The third-order valence-corrected chi connectivity index (χ3v) is 9.24. The molecule has 4 aromatic rings. The highest BCUT2D eigenvalue weighted by molar-refractivity contribution is 7.92. The van der Waals surface area contributed by atoms with Gasteiger partial charge >= 0.3 is 0 Å². The molecule has 0 bridgehead atoms. The van der Waals surface area contributed by atoms with Gasteiger partial charge in [-0.25, -0.2) is 8.42 Å². The number of anilines is 1. The molecule has 0 heterocycles. The second-order valence-corrected chi connectivity index (χ2v) is 12.4. The fraction of sp³-hybridized carbons (Fsp3) is 0.188. The lowest BCUT2D eigenvalue weighted by molar-refractivity contribution is -0.139. The molecule has 1 N–H and O–H groups in total. The molecule has 0 spiro atoms. The SMILES string of the molecule is CNC(=O)C(Cc1ccccc1)N(Cc1ccccc1C)C(=O)CN(c1cc(Cl)ccc1Cl)S(=O)(=O)c1ccccc1. The lowest BCUT2D eigenvalue weighted by Gasteiger charge is -2.34. The molecule has 2 amide bonds. The Bertz CT molecular complexity index is 1650. The molecule has 218 valence electrons. The van der Waals surface area contributed by atoms with Crippen LogP contribution in [0.5, 0.6) is 0 Å². The number of nitrogens with zero attached hydrogens (tertiary/aromatic N) is 2. The second-order valence-electron chi connectivity index (χ2n) is 9.69. The molecular formula is C32H31Cl2N3O4S. The molecule has 10 heteroatoms. The molecule has 0 aliphatic rings. The van der Waals surface area contributed by atoms with Crippen LogP contribution in [0.15, 0.2) is 108 Å². The van der Waals surface area contributed by atoms with Crippen LogP contribution in [-0.4, -0.2) is 44.8 Å². The highest BCUT2D eigenvalue weighted by Crippen LogP contribution is 2.33. The first kappa shape index (κ1) is 31.1. The van der Waals surface area contributed by atoms with Gasteiger partial charge in [0.25, 0.3) is 10.0 Å². The summed E-state index contributed by atoms with van der Waals surface area (Å²) in [7, 11) is -2.76. The van der Waals surface area contributed by atoms with Gasteiger partial charge in [0.1, 0.15) is 12.6 Å². The van der Waals surface area contributed by atoms with Crippen LogP contribution >= 0.6 is 23.2 Å². The van der Waals surface area contributed by atoms with E-state index in [-0.39, 0.29) is 39.5 Å². The lowest BCUT2D eigenvalue weighted by Crippen LogP contribution is -2.53. The van der Waals surface area contributed by atoms with E-state index in [4.69, 9.17) is 23.2 Å². The summed E-state index contributed by atoms with van der Waals surface area (Å²) in [6.07, 6.45) is 0.224. The largest absolute Gasteiger partial charge is 0.357 e. The summed E-state index contributed by atoms with van der Waals surface area (Å²) < 4.78 is 28.9. The molecule has 1 atom stereocenters. The van der Waals surface area contributed by atoms with E-state index in [1.807, 2.05) is 61.5 Å². The Balaban J connectivity index is 1.82. The van der Waals surface area contributed by atoms with E-state index in [1.165, 1.54) is 42.3 Å². The van der Waals surface area contributed by atoms with Crippen molar-refractivity contribution in [3.63, 3.8) is 0 Å². The maximum absolute atomic E-state index is 14.3. The van der Waals surface area contributed by atoms with Crippen molar-refractivity contribution in [1.29, 1.82) is 0 Å². The van der Waals surface area contributed by atoms with Gasteiger partial charge in [-0.3, -0.25) is 13.9 Å². The van der Waals surface area contributed by atoms with Crippen molar-refractivity contribution in [2.24, 2.45) is 0 Å². The molecule has 0 fully saturated rings. The van der Waals surface area contributed by atoms with E-state index in [1.54, 1.807) is 18.2 Å². The van der Waals surface area contributed by atoms with Crippen molar-refractivity contribution in [3.05, 3.63) is 130 Å². The van der Waals surface area contributed by atoms with Crippen LogP contribution in [0, 0.1) is 6.92 Å². The van der Waals surface area contributed by atoms with E-state index in [9.17, 15) is 18.0 Å². The zero-order chi connectivity index (χ0) is 30.3. The number of hydrogen-bond acceptors (Lipinski definition) is 4. The number of rotatable bonds is 11. The van der Waals surface area contributed by atoms with Crippen molar-refractivity contribution in [3.8, 4) is 0 Å². The minimum absolute atomic E-state index is 0.0218. The molecule has 42 heavy (non-hydrogen) atoms. The van der Waals surface area contributed by atoms with E-state index >= 15 is 0 Å². The molecule has 0 aromatic heterocycles. The maximum atomic E-state index is 14.3. The minimum Gasteiger partial charge on any atom is -0.357 e. The Morgan fingerprint density at radius 1 is 0.857 bits per heavy atom. The van der Waals surface area contributed by atoms with Crippen LogP contribution in [0.25, 0.3) is 0 Å². The van der Waals surface area contributed by atoms with Gasteiger partial charge in [0.05, 0.1) is 15.6 Å². The first-order chi connectivity index (χ1) is 20.1. The molecule has 4 aromatic carbocycles. The summed E-state index contributed by atoms with van der Waals surface area (Å²) in [6.45, 7) is 1.38. The second kappa shape index (κ2) is 13.9. The molecule has 0 saturated heterocycles. The van der Waals surface area contributed by atoms with Gasteiger partial charge in [-0.15, -0.1) is 0 Å². The summed E-state index contributed by atoms with van der Waals surface area (Å²) in [5.41, 5.74) is 2.65. The summed E-state index contributed by atoms with van der Waals surface area (Å²) in [5.74, 6) is -0.961. The number of benzene rings is 4. The topological polar surface area (TPSA) is 86.8 Å². The van der Waals surface area contributed by atoms with E-state index in [2.05, 4.69) is 5.32 Å². The van der Waals surface area contributed by atoms with Crippen molar-refractivity contribution >= 4 is 50.7 Å². The molecule has 0 saturated carbocycles. The molecule has 0 radical (unpaired) electrons. The molecule has 0 aliphatic heterocycles. The summed E-state index contributed by atoms with van der Waals surface area (Å²) in [6, 6.07) is 28.2. The van der Waals surface area contributed by atoms with Crippen LogP contribution in [0.3, 0.4) is 0 Å². The van der Waals surface area contributed by atoms with E-state index < -0.39 is 28.5 Å². The summed E-state index contributed by atoms with van der Waals surface area (Å²) in [5, 5.41) is 3.03. The van der Waals surface area contributed by atoms with Gasteiger partial charge in [0, 0.05) is 25.0 Å². The molecule has 1 unspecified atom stereocenters. The first-order valence-corrected chi connectivity index (χ1v) is 15.4. The number of halogens is 2. The van der Waals surface area contributed by atoms with Crippen LogP contribution in [-0.2, 0) is 32.6 Å². The van der Waals surface area contributed by atoms with Gasteiger partial charge in [-0.2, -0.15) is 0 Å². The average molecular weight is 625 g/mol. The highest BCUT2D eigenvalue weighted by atomic mass is 35.5. The summed E-state index contributed by atoms with van der Waals surface area (Å²) >= 11 is 12.7. The Labute approximate surface area is 256 Å². The fourth-order valence-electron chi connectivity index (χ4n) is 4.60. The van der Waals surface area contributed by atoms with Crippen molar-refractivity contribution in [1.82, 2.24) is 10.2 Å². The number of nitrogens with one attached hydrogen (secondary N) is 1. The smallest absolute Gasteiger partial charge is 0.264 e. The van der Waals surface area contributed by atoms with Crippen molar-refractivity contribution < 1.29 is 18.0 Å². The number of hydrogen-bond donors (Lipinski definition) is 1. The zero-order valence-electron chi connectivity index (χ0n) is 23.2. The normalized spacial score (nSPS) is 11.9. The Kier molecular flexibility index (Phi) is 10.3. The highest BCUT2D eigenvalue weighted by Gasteiger charge is 2.35. The van der Waals surface area contributed by atoms with Gasteiger partial charge in [-0.05, 0) is 53.9 Å². The lowest BCUT2D eigenvalue weighted by atomic mass is 10.0. The van der Waals surface area contributed by atoms with Crippen LogP contribution in [0.4, 0.5) is 5.69 Å². The molecule has 0 aliphatic carbocycles. The first-order valence-electron chi connectivity index (χ1n) is 13.2. The fourth-order valence-corrected chi connectivity index (χ4v) is 6.48. The predicted molar refractivity (Wildman–Crippen MR) is 167 cm³/mol. The molecular weight excluding hydrogens is 593 g/mol. The number of amides is 2. The average Bonchev–Trinajstić information content (AvgIpc) is 3.00. The third-order valence-electron chi connectivity index (χ3n) is 6.91. The Hall–Kier alpha value is -3.85. The molecule has 7 nitrogen and oxygen atoms in total. The Morgan fingerprint density at radius 3 is 2.12 bits per heavy atom. The minimum atomic E-state index is -4.27. The van der Waals surface area contributed by atoms with Gasteiger partial charge in [0.15, 0.2) is 0 Å². The van der Waals surface area contributed by atoms with Crippen molar-refractivity contribution in [2.75, 3.05) is 17.9 Å². The van der Waals surface area contributed by atoms with Gasteiger partial charge in [-0.1, -0.05) is 96.0 Å². The zero-order valence-corrected chi connectivity index (χ0v) is 25.5. The number of sulfonamides is 1. The Morgan fingerprint density at radius 2 is 1.48 bits per heavy atom.